The summed E-state index contributed by atoms with van der Waals surface area (Å²) >= 11 is 0. The van der Waals surface area contributed by atoms with Crippen molar-refractivity contribution in [3.63, 3.8) is 0 Å². The number of hydrogen-bond donors (Lipinski definition) is 1. The van der Waals surface area contributed by atoms with Crippen molar-refractivity contribution in [2.75, 3.05) is 13.1 Å². The Morgan fingerprint density at radius 2 is 1.62 bits per heavy atom. The van der Waals surface area contributed by atoms with Crippen LogP contribution in [0.4, 0.5) is 0 Å². The highest BCUT2D eigenvalue weighted by molar-refractivity contribution is 6.07. The van der Waals surface area contributed by atoms with E-state index in [1.807, 2.05) is 31.2 Å². The van der Waals surface area contributed by atoms with Crippen LogP contribution in [0, 0.1) is 5.92 Å². The summed E-state index contributed by atoms with van der Waals surface area (Å²) in [6, 6.07) is 16.5. The van der Waals surface area contributed by atoms with E-state index in [1.165, 1.54) is 10.8 Å². The molecule has 1 aliphatic heterocycles. The summed E-state index contributed by atoms with van der Waals surface area (Å²) in [4.78, 5) is 13.9. The van der Waals surface area contributed by atoms with E-state index in [9.17, 15) is 9.90 Å². The zero-order valence-corrected chi connectivity index (χ0v) is 13.9. The second kappa shape index (κ2) is 5.95. The summed E-state index contributed by atoms with van der Waals surface area (Å²) in [6.45, 7) is 3.61. The first-order chi connectivity index (χ1) is 11.6. The van der Waals surface area contributed by atoms with Gasteiger partial charge in [-0.25, -0.2) is 0 Å². The van der Waals surface area contributed by atoms with Gasteiger partial charge < -0.3 is 14.6 Å². The van der Waals surface area contributed by atoms with Crippen LogP contribution in [0.25, 0.3) is 21.8 Å². The number of rotatable bonds is 4. The molecule has 2 unspecified atom stereocenters. The van der Waals surface area contributed by atoms with E-state index in [0.29, 0.717) is 13.1 Å². The fourth-order valence-electron chi connectivity index (χ4n) is 3.80. The van der Waals surface area contributed by atoms with E-state index in [4.69, 9.17) is 0 Å². The lowest BCUT2D eigenvalue weighted by Crippen LogP contribution is -2.36. The standard InChI is InChI=1S/C20H22N2O2/c1-14-10-11-21(20(14)24)12-15(23)13-22-18-8-4-2-6-16(18)17-7-3-5-9-19(17)22/h2-9,14-15,23H,10-13H2,1H3. The lowest BCUT2D eigenvalue weighted by atomic mass is 10.1. The molecule has 124 valence electrons. The van der Waals surface area contributed by atoms with Gasteiger partial charge in [-0.2, -0.15) is 0 Å². The molecule has 4 nitrogen and oxygen atoms in total. The van der Waals surface area contributed by atoms with Gasteiger partial charge in [0.2, 0.25) is 5.91 Å². The Balaban J connectivity index is 1.65. The number of fused-ring (bicyclic) bond motifs is 3. The molecule has 2 atom stereocenters. The zero-order valence-electron chi connectivity index (χ0n) is 13.9. The normalized spacial score (nSPS) is 19.5. The third-order valence-corrected chi connectivity index (χ3v) is 5.07. The van der Waals surface area contributed by atoms with Gasteiger partial charge in [-0.15, -0.1) is 0 Å². The average Bonchev–Trinajstić information content (AvgIpc) is 3.08. The monoisotopic (exact) mass is 322 g/mol. The van der Waals surface area contributed by atoms with E-state index in [2.05, 4.69) is 28.8 Å². The van der Waals surface area contributed by atoms with Crippen LogP contribution in [0.3, 0.4) is 0 Å². The largest absolute Gasteiger partial charge is 0.389 e. The molecular weight excluding hydrogens is 300 g/mol. The smallest absolute Gasteiger partial charge is 0.225 e. The summed E-state index contributed by atoms with van der Waals surface area (Å²) in [5, 5.41) is 13.0. The second-order valence-electron chi connectivity index (χ2n) is 6.77. The van der Waals surface area contributed by atoms with Gasteiger partial charge in [-0.05, 0) is 18.6 Å². The molecule has 1 amide bonds. The third-order valence-electron chi connectivity index (χ3n) is 5.07. The molecule has 1 aromatic heterocycles. The molecule has 0 aliphatic carbocycles. The number of carbonyl (C=O) groups excluding carboxylic acids is 1. The predicted molar refractivity (Wildman–Crippen MR) is 95.8 cm³/mol. The first kappa shape index (κ1) is 15.2. The van der Waals surface area contributed by atoms with Crippen molar-refractivity contribution < 1.29 is 9.90 Å². The molecule has 0 radical (unpaired) electrons. The Hall–Kier alpha value is -2.33. The lowest BCUT2D eigenvalue weighted by Gasteiger charge is -2.21. The summed E-state index contributed by atoms with van der Waals surface area (Å²) in [5.41, 5.74) is 2.25. The fraction of sp³-hybridized carbons (Fsp3) is 0.350. The van der Waals surface area contributed by atoms with Gasteiger partial charge in [0.1, 0.15) is 0 Å². The fourth-order valence-corrected chi connectivity index (χ4v) is 3.80. The van der Waals surface area contributed by atoms with Gasteiger partial charge in [0.25, 0.3) is 0 Å². The number of nitrogens with zero attached hydrogens (tertiary/aromatic N) is 2. The predicted octanol–water partition coefficient (Wildman–Crippen LogP) is 3.02. The first-order valence-electron chi connectivity index (χ1n) is 8.58. The molecular formula is C20H22N2O2. The van der Waals surface area contributed by atoms with E-state index < -0.39 is 6.10 Å². The van der Waals surface area contributed by atoms with Crippen molar-refractivity contribution in [2.45, 2.75) is 26.0 Å². The molecule has 1 saturated heterocycles. The molecule has 3 aromatic rings. The average molecular weight is 322 g/mol. The van der Waals surface area contributed by atoms with Crippen LogP contribution < -0.4 is 0 Å². The SMILES string of the molecule is CC1CCN(CC(O)Cn2c3ccccc3c3ccccc32)C1=O. The maximum Gasteiger partial charge on any atom is 0.225 e. The van der Waals surface area contributed by atoms with Crippen molar-refractivity contribution in [1.82, 2.24) is 9.47 Å². The molecule has 2 heterocycles. The number of aliphatic hydroxyl groups excluding tert-OH is 1. The Kier molecular flexibility index (Phi) is 3.77. The van der Waals surface area contributed by atoms with Crippen LogP contribution >= 0.6 is 0 Å². The van der Waals surface area contributed by atoms with Gasteiger partial charge in [0.15, 0.2) is 0 Å². The number of amides is 1. The number of likely N-dealkylation sites (tertiary alicyclic amines) is 1. The summed E-state index contributed by atoms with van der Waals surface area (Å²) in [6.07, 6.45) is 0.319. The minimum absolute atomic E-state index is 0.0884. The van der Waals surface area contributed by atoms with E-state index in [1.54, 1.807) is 4.90 Å². The summed E-state index contributed by atoms with van der Waals surface area (Å²) in [5.74, 6) is 0.252. The molecule has 0 saturated carbocycles. The van der Waals surface area contributed by atoms with Crippen molar-refractivity contribution in [3.8, 4) is 0 Å². The Bertz CT molecular complexity index is 846. The molecule has 0 spiro atoms. The van der Waals surface area contributed by atoms with Crippen LogP contribution in [0.15, 0.2) is 48.5 Å². The quantitative estimate of drug-likeness (QED) is 0.802. The zero-order chi connectivity index (χ0) is 16.7. The van der Waals surface area contributed by atoms with Crippen LogP contribution in [0.1, 0.15) is 13.3 Å². The number of para-hydroxylation sites is 2. The summed E-state index contributed by atoms with van der Waals surface area (Å²) in [7, 11) is 0. The van der Waals surface area contributed by atoms with Crippen molar-refractivity contribution in [2.24, 2.45) is 5.92 Å². The number of aliphatic hydroxyl groups is 1. The molecule has 4 heteroatoms. The minimum atomic E-state index is -0.571. The number of carbonyl (C=O) groups is 1. The second-order valence-corrected chi connectivity index (χ2v) is 6.77. The molecule has 2 aromatic carbocycles. The van der Waals surface area contributed by atoms with Crippen molar-refractivity contribution in [3.05, 3.63) is 48.5 Å². The Morgan fingerprint density at radius 1 is 1.04 bits per heavy atom. The minimum Gasteiger partial charge on any atom is -0.389 e. The number of β-amino-alcohol motifs (C(OH)–C–C–N with tert-alkyl or cyclic N) is 1. The van der Waals surface area contributed by atoms with Gasteiger partial charge >= 0.3 is 0 Å². The van der Waals surface area contributed by atoms with E-state index >= 15 is 0 Å². The molecule has 0 bridgehead atoms. The maximum absolute atomic E-state index is 12.1. The van der Waals surface area contributed by atoms with Crippen LogP contribution in [-0.2, 0) is 11.3 Å². The molecule has 24 heavy (non-hydrogen) atoms. The highest BCUT2D eigenvalue weighted by atomic mass is 16.3. The number of aromatic nitrogens is 1. The number of benzene rings is 2. The Morgan fingerprint density at radius 3 is 2.17 bits per heavy atom. The third kappa shape index (κ3) is 2.47. The lowest BCUT2D eigenvalue weighted by molar-refractivity contribution is -0.131. The first-order valence-corrected chi connectivity index (χ1v) is 8.58. The van der Waals surface area contributed by atoms with E-state index in [-0.39, 0.29) is 11.8 Å². The molecule has 1 aliphatic rings. The van der Waals surface area contributed by atoms with Crippen LogP contribution in [0.5, 0.6) is 0 Å². The van der Waals surface area contributed by atoms with Crippen molar-refractivity contribution in [1.29, 1.82) is 0 Å². The topological polar surface area (TPSA) is 45.5 Å². The van der Waals surface area contributed by atoms with Gasteiger partial charge in [-0.3, -0.25) is 4.79 Å². The van der Waals surface area contributed by atoms with Gasteiger partial charge in [-0.1, -0.05) is 43.3 Å². The molecule has 1 N–H and O–H groups in total. The maximum atomic E-state index is 12.1. The van der Waals surface area contributed by atoms with Crippen molar-refractivity contribution >= 4 is 27.7 Å². The molecule has 1 fully saturated rings. The Labute approximate surface area is 141 Å². The van der Waals surface area contributed by atoms with Crippen LogP contribution in [0.2, 0.25) is 0 Å². The summed E-state index contributed by atoms with van der Waals surface area (Å²) < 4.78 is 2.17. The van der Waals surface area contributed by atoms with Gasteiger partial charge in [0.05, 0.1) is 12.6 Å². The van der Waals surface area contributed by atoms with E-state index in [0.717, 1.165) is 24.0 Å². The highest BCUT2D eigenvalue weighted by Crippen LogP contribution is 2.29. The number of hydrogen-bond acceptors (Lipinski definition) is 2. The molecule has 4 rings (SSSR count). The van der Waals surface area contributed by atoms with Gasteiger partial charge in [0, 0.05) is 40.8 Å². The van der Waals surface area contributed by atoms with Crippen LogP contribution in [-0.4, -0.2) is 39.7 Å². The highest BCUT2D eigenvalue weighted by Gasteiger charge is 2.29.